The van der Waals surface area contributed by atoms with Gasteiger partial charge in [0, 0.05) is 12.2 Å². The smallest absolute Gasteiger partial charge is 0.244 e. The van der Waals surface area contributed by atoms with Crippen molar-refractivity contribution in [2.45, 2.75) is 65.8 Å². The van der Waals surface area contributed by atoms with Gasteiger partial charge in [0.1, 0.15) is 5.54 Å². The van der Waals surface area contributed by atoms with E-state index in [2.05, 4.69) is 51.9 Å². The van der Waals surface area contributed by atoms with Gasteiger partial charge < -0.3 is 5.32 Å². The normalized spacial score (nSPS) is 24.4. The molecule has 1 spiro atoms. The minimum Gasteiger partial charge on any atom is -0.328 e. The van der Waals surface area contributed by atoms with Crippen LogP contribution in [0.4, 0.5) is 0 Å². The summed E-state index contributed by atoms with van der Waals surface area (Å²) in [6.45, 7) is 12.0. The Morgan fingerprint density at radius 1 is 1.20 bits per heavy atom. The summed E-state index contributed by atoms with van der Waals surface area (Å²) in [5, 5.41) is 3.30. The summed E-state index contributed by atoms with van der Waals surface area (Å²) < 4.78 is 0. The first-order valence-corrected chi connectivity index (χ1v) is 7.95. The predicted octanol–water partition coefficient (Wildman–Crippen LogP) is 3.32. The summed E-state index contributed by atoms with van der Waals surface area (Å²) in [6, 6.07) is 0. The Bertz CT molecular complexity index is 423. The van der Waals surface area contributed by atoms with Crippen LogP contribution in [0, 0.1) is 11.3 Å². The number of rotatable bonds is 1. The Labute approximate surface area is 123 Å². The lowest BCUT2D eigenvalue weighted by Crippen LogP contribution is -2.54. The Hall–Kier alpha value is -0.830. The summed E-state index contributed by atoms with van der Waals surface area (Å²) in [4.78, 5) is 15.2. The number of amides is 1. The molecule has 20 heavy (non-hydrogen) atoms. The maximum Gasteiger partial charge on any atom is 0.244 e. The van der Waals surface area contributed by atoms with E-state index < -0.39 is 0 Å². The van der Waals surface area contributed by atoms with Crippen LogP contribution in [-0.4, -0.2) is 29.9 Å². The van der Waals surface area contributed by atoms with Crippen molar-refractivity contribution >= 4 is 5.91 Å². The van der Waals surface area contributed by atoms with Crippen molar-refractivity contribution in [2.24, 2.45) is 11.3 Å². The van der Waals surface area contributed by atoms with E-state index in [1.165, 1.54) is 18.4 Å². The molecule has 1 fully saturated rings. The largest absolute Gasteiger partial charge is 0.328 e. The second-order valence-corrected chi connectivity index (χ2v) is 7.85. The Kier molecular flexibility index (Phi) is 4.03. The van der Waals surface area contributed by atoms with Crippen LogP contribution in [-0.2, 0) is 4.79 Å². The molecule has 0 radical (unpaired) electrons. The molecular weight excluding hydrogens is 248 g/mol. The SMILES string of the molecule is CC(C)C1=C(C(C)(C)C)CN(C)C2(CCCC2)C(=O)N1. The molecule has 1 saturated carbocycles. The van der Waals surface area contributed by atoms with Gasteiger partial charge >= 0.3 is 0 Å². The summed E-state index contributed by atoms with van der Waals surface area (Å²) >= 11 is 0. The molecule has 114 valence electrons. The van der Waals surface area contributed by atoms with Crippen molar-refractivity contribution in [1.29, 1.82) is 0 Å². The maximum atomic E-state index is 12.8. The third-order valence-electron chi connectivity index (χ3n) is 5.04. The zero-order valence-corrected chi connectivity index (χ0v) is 14.0. The molecule has 0 atom stereocenters. The van der Waals surface area contributed by atoms with Gasteiger partial charge in [-0.3, -0.25) is 9.69 Å². The van der Waals surface area contributed by atoms with E-state index in [1.54, 1.807) is 0 Å². The van der Waals surface area contributed by atoms with Crippen LogP contribution in [0.3, 0.4) is 0 Å². The second-order valence-electron chi connectivity index (χ2n) is 7.85. The molecule has 2 rings (SSSR count). The van der Waals surface area contributed by atoms with Gasteiger partial charge in [0.2, 0.25) is 5.91 Å². The van der Waals surface area contributed by atoms with E-state index in [9.17, 15) is 4.79 Å². The van der Waals surface area contributed by atoms with Crippen LogP contribution < -0.4 is 5.32 Å². The molecule has 3 nitrogen and oxygen atoms in total. The predicted molar refractivity (Wildman–Crippen MR) is 83.3 cm³/mol. The number of likely N-dealkylation sites (N-methyl/N-ethyl adjacent to an activating group) is 1. The lowest BCUT2D eigenvalue weighted by atomic mass is 9.82. The molecule has 0 bridgehead atoms. The summed E-state index contributed by atoms with van der Waals surface area (Å²) in [7, 11) is 2.12. The molecule has 1 aliphatic carbocycles. The van der Waals surface area contributed by atoms with Crippen molar-refractivity contribution in [2.75, 3.05) is 13.6 Å². The summed E-state index contributed by atoms with van der Waals surface area (Å²) in [5.74, 6) is 0.582. The molecule has 2 aliphatic rings. The van der Waals surface area contributed by atoms with Gasteiger partial charge in [-0.05, 0) is 36.8 Å². The topological polar surface area (TPSA) is 32.3 Å². The third-order valence-corrected chi connectivity index (χ3v) is 5.04. The molecule has 1 N–H and O–H groups in total. The van der Waals surface area contributed by atoms with E-state index in [0.29, 0.717) is 5.92 Å². The standard InChI is InChI=1S/C17H30N2O/c1-12(2)14-13(16(3,4)5)11-19(6)17(15(20)18-14)9-7-8-10-17/h12H,7-11H2,1-6H3,(H,18,20). The minimum absolute atomic E-state index is 0.0886. The lowest BCUT2D eigenvalue weighted by molar-refractivity contribution is -0.131. The monoisotopic (exact) mass is 278 g/mol. The van der Waals surface area contributed by atoms with Crippen molar-refractivity contribution in [3.63, 3.8) is 0 Å². The molecule has 3 heteroatoms. The number of nitrogens with one attached hydrogen (secondary N) is 1. The van der Waals surface area contributed by atoms with Crippen LogP contribution in [0.15, 0.2) is 11.3 Å². The second kappa shape index (κ2) is 5.18. The molecule has 1 amide bonds. The van der Waals surface area contributed by atoms with E-state index in [4.69, 9.17) is 0 Å². The van der Waals surface area contributed by atoms with Gasteiger partial charge in [0.05, 0.1) is 0 Å². The average molecular weight is 278 g/mol. The van der Waals surface area contributed by atoms with Crippen LogP contribution in [0.25, 0.3) is 0 Å². The van der Waals surface area contributed by atoms with E-state index in [-0.39, 0.29) is 16.9 Å². The van der Waals surface area contributed by atoms with Gasteiger partial charge in [-0.1, -0.05) is 47.5 Å². The fourth-order valence-corrected chi connectivity index (χ4v) is 3.66. The van der Waals surface area contributed by atoms with Gasteiger partial charge in [-0.2, -0.15) is 0 Å². The Morgan fingerprint density at radius 2 is 1.75 bits per heavy atom. The fraction of sp³-hybridized carbons (Fsp3) is 0.824. The van der Waals surface area contributed by atoms with E-state index in [1.807, 2.05) is 0 Å². The number of carbonyl (C=O) groups excluding carboxylic acids is 1. The van der Waals surface area contributed by atoms with Gasteiger partial charge in [0.25, 0.3) is 0 Å². The number of allylic oxidation sites excluding steroid dienone is 1. The number of nitrogens with zero attached hydrogens (tertiary/aromatic N) is 1. The van der Waals surface area contributed by atoms with Gasteiger partial charge in [-0.15, -0.1) is 0 Å². The highest BCUT2D eigenvalue weighted by Gasteiger charge is 2.47. The molecule has 1 aliphatic heterocycles. The zero-order chi connectivity index (χ0) is 15.1. The molecule has 0 aromatic rings. The van der Waals surface area contributed by atoms with E-state index in [0.717, 1.165) is 25.1 Å². The van der Waals surface area contributed by atoms with Crippen LogP contribution >= 0.6 is 0 Å². The van der Waals surface area contributed by atoms with Crippen molar-refractivity contribution in [3.8, 4) is 0 Å². The molecule has 0 aromatic carbocycles. The highest BCUT2D eigenvalue weighted by Crippen LogP contribution is 2.40. The first kappa shape index (κ1) is 15.6. The van der Waals surface area contributed by atoms with Crippen molar-refractivity contribution < 1.29 is 4.79 Å². The van der Waals surface area contributed by atoms with Crippen molar-refractivity contribution in [1.82, 2.24) is 10.2 Å². The van der Waals surface area contributed by atoms with Crippen LogP contribution in [0.5, 0.6) is 0 Å². The third kappa shape index (κ3) is 2.52. The van der Waals surface area contributed by atoms with Crippen LogP contribution in [0.1, 0.15) is 60.3 Å². The highest BCUT2D eigenvalue weighted by molar-refractivity contribution is 5.88. The quantitative estimate of drug-likeness (QED) is 0.798. The summed E-state index contributed by atoms with van der Waals surface area (Å²) in [6.07, 6.45) is 4.33. The number of carbonyl (C=O) groups is 1. The van der Waals surface area contributed by atoms with Gasteiger partial charge in [0.15, 0.2) is 0 Å². The van der Waals surface area contributed by atoms with Crippen LogP contribution in [0.2, 0.25) is 0 Å². The first-order chi connectivity index (χ1) is 9.18. The molecule has 0 unspecified atom stereocenters. The van der Waals surface area contributed by atoms with Gasteiger partial charge in [-0.25, -0.2) is 0 Å². The highest BCUT2D eigenvalue weighted by atomic mass is 16.2. The Balaban J connectivity index is 2.45. The molecule has 0 saturated heterocycles. The first-order valence-electron chi connectivity index (χ1n) is 7.95. The van der Waals surface area contributed by atoms with Crippen molar-refractivity contribution in [3.05, 3.63) is 11.3 Å². The maximum absolute atomic E-state index is 12.8. The molecular formula is C17H30N2O. The summed E-state index contributed by atoms with van der Waals surface area (Å²) in [5.41, 5.74) is 2.35. The lowest BCUT2D eigenvalue weighted by Gasteiger charge is -2.36. The minimum atomic E-state index is -0.271. The van der Waals surface area contributed by atoms with E-state index >= 15 is 0 Å². The fourth-order valence-electron chi connectivity index (χ4n) is 3.66. The number of hydrogen-bond acceptors (Lipinski definition) is 2. The Morgan fingerprint density at radius 3 is 2.20 bits per heavy atom. The molecule has 1 heterocycles. The average Bonchev–Trinajstić information content (AvgIpc) is 2.77. The molecule has 0 aromatic heterocycles. The zero-order valence-electron chi connectivity index (χ0n) is 14.0. The number of hydrogen-bond donors (Lipinski definition) is 1.